The maximum atomic E-state index is 12.8. The number of allylic oxidation sites excluding steroid dienone is 1. The van der Waals surface area contributed by atoms with Crippen molar-refractivity contribution in [3.8, 4) is 0 Å². The van der Waals surface area contributed by atoms with Crippen molar-refractivity contribution in [1.29, 1.82) is 0 Å². The molecule has 0 saturated carbocycles. The molecule has 5 atom stereocenters. The second kappa shape index (κ2) is 8.70. The van der Waals surface area contributed by atoms with Gasteiger partial charge < -0.3 is 14.2 Å². The van der Waals surface area contributed by atoms with Crippen molar-refractivity contribution >= 4 is 11.9 Å². The number of carbonyl (C=O) groups excluding carboxylic acids is 2. The van der Waals surface area contributed by atoms with Gasteiger partial charge in [0.15, 0.2) is 0 Å². The summed E-state index contributed by atoms with van der Waals surface area (Å²) < 4.78 is 17.9. The molecule has 5 nitrogen and oxygen atoms in total. The molecule has 1 aliphatic heterocycles. The van der Waals surface area contributed by atoms with Gasteiger partial charge in [-0.05, 0) is 44.7 Å². The Labute approximate surface area is 173 Å². The van der Waals surface area contributed by atoms with Crippen molar-refractivity contribution in [2.75, 3.05) is 0 Å². The van der Waals surface area contributed by atoms with Gasteiger partial charge in [-0.2, -0.15) is 0 Å². The third-order valence-corrected chi connectivity index (χ3v) is 6.04. The van der Waals surface area contributed by atoms with Gasteiger partial charge in [0.1, 0.15) is 18.3 Å². The fraction of sp³-hybridized carbons (Fsp3) is 0.583. The van der Waals surface area contributed by atoms with Crippen LogP contribution >= 0.6 is 0 Å². The fourth-order valence-corrected chi connectivity index (χ4v) is 4.47. The molecule has 0 amide bonds. The number of epoxide rings is 1. The van der Waals surface area contributed by atoms with Gasteiger partial charge in [0.2, 0.25) is 0 Å². The number of ether oxygens (including phenoxy) is 3. The van der Waals surface area contributed by atoms with E-state index in [0.717, 1.165) is 12.8 Å². The summed E-state index contributed by atoms with van der Waals surface area (Å²) in [4.78, 5) is 24.8. The Hall–Kier alpha value is -2.14. The number of hydrogen-bond donors (Lipinski definition) is 0. The van der Waals surface area contributed by atoms with E-state index in [2.05, 4.69) is 33.8 Å². The van der Waals surface area contributed by atoms with E-state index in [-0.39, 0.29) is 35.5 Å². The Bertz CT molecular complexity index is 769. The first-order valence-electron chi connectivity index (χ1n) is 10.5. The quantitative estimate of drug-likeness (QED) is 0.416. The van der Waals surface area contributed by atoms with Crippen LogP contribution in [0.2, 0.25) is 0 Å². The predicted octanol–water partition coefficient (Wildman–Crippen LogP) is 4.70. The van der Waals surface area contributed by atoms with Gasteiger partial charge in [0.05, 0.1) is 11.2 Å². The van der Waals surface area contributed by atoms with Crippen LogP contribution in [0, 0.1) is 11.8 Å². The summed E-state index contributed by atoms with van der Waals surface area (Å²) in [5, 5.41) is 0. The molecule has 2 aliphatic rings. The molecule has 1 fully saturated rings. The lowest BCUT2D eigenvalue weighted by atomic mass is 9.78. The van der Waals surface area contributed by atoms with Crippen LogP contribution in [-0.2, 0) is 19.0 Å². The van der Waals surface area contributed by atoms with Crippen molar-refractivity contribution in [2.24, 2.45) is 11.8 Å². The highest BCUT2D eigenvalue weighted by atomic mass is 16.6. The van der Waals surface area contributed by atoms with Crippen LogP contribution in [0.4, 0.5) is 0 Å². The normalized spacial score (nSPS) is 32.0. The Morgan fingerprint density at radius 1 is 1.17 bits per heavy atom. The van der Waals surface area contributed by atoms with Gasteiger partial charge >= 0.3 is 11.9 Å². The standard InChI is InChI=1S/C24H32O5/c1-15(2)20-19(28-23(26)18-11-7-6-8-12-18)14-16(3)10-9-13-24(5)22(29-24)21(20)27-17(4)25/h6-8,10-12,15,19-22H,9,13-14H2,1-5H3. The summed E-state index contributed by atoms with van der Waals surface area (Å²) in [6.45, 7) is 9.72. The maximum Gasteiger partial charge on any atom is 0.338 e. The van der Waals surface area contributed by atoms with Crippen LogP contribution in [0.1, 0.15) is 64.2 Å². The summed E-state index contributed by atoms with van der Waals surface area (Å²) >= 11 is 0. The molecule has 0 spiro atoms. The molecule has 158 valence electrons. The van der Waals surface area contributed by atoms with Crippen LogP contribution in [-0.4, -0.2) is 35.9 Å². The Morgan fingerprint density at radius 2 is 1.86 bits per heavy atom. The van der Waals surface area contributed by atoms with Crippen LogP contribution in [0.25, 0.3) is 0 Å². The van der Waals surface area contributed by atoms with Gasteiger partial charge in [0, 0.05) is 19.3 Å². The topological polar surface area (TPSA) is 65.1 Å². The van der Waals surface area contributed by atoms with Gasteiger partial charge in [-0.15, -0.1) is 0 Å². The lowest BCUT2D eigenvalue weighted by Crippen LogP contribution is -2.45. The molecule has 5 unspecified atom stereocenters. The minimum atomic E-state index is -0.447. The first-order valence-corrected chi connectivity index (χ1v) is 10.5. The van der Waals surface area contributed by atoms with E-state index < -0.39 is 12.2 Å². The average molecular weight is 401 g/mol. The molecule has 5 heteroatoms. The third-order valence-electron chi connectivity index (χ3n) is 6.04. The molecular weight excluding hydrogens is 368 g/mol. The number of benzene rings is 1. The van der Waals surface area contributed by atoms with Crippen molar-refractivity contribution in [3.05, 3.63) is 47.5 Å². The highest BCUT2D eigenvalue weighted by Crippen LogP contribution is 2.48. The van der Waals surface area contributed by atoms with Crippen molar-refractivity contribution < 1.29 is 23.8 Å². The van der Waals surface area contributed by atoms with E-state index in [1.165, 1.54) is 12.5 Å². The summed E-state index contributed by atoms with van der Waals surface area (Å²) in [7, 11) is 0. The lowest BCUT2D eigenvalue weighted by molar-refractivity contribution is -0.155. The summed E-state index contributed by atoms with van der Waals surface area (Å²) in [6, 6.07) is 9.01. The lowest BCUT2D eigenvalue weighted by Gasteiger charge is -2.36. The maximum absolute atomic E-state index is 12.8. The molecule has 1 aliphatic carbocycles. The molecule has 0 radical (unpaired) electrons. The number of rotatable bonds is 4. The molecule has 0 N–H and O–H groups in total. The molecule has 0 aromatic heterocycles. The van der Waals surface area contributed by atoms with Crippen molar-refractivity contribution in [2.45, 2.75) is 77.8 Å². The number of carbonyl (C=O) groups is 2. The van der Waals surface area contributed by atoms with Gasteiger partial charge in [-0.1, -0.05) is 43.7 Å². The van der Waals surface area contributed by atoms with Crippen LogP contribution in [0.15, 0.2) is 42.0 Å². The van der Waals surface area contributed by atoms with Gasteiger partial charge in [-0.3, -0.25) is 4.79 Å². The van der Waals surface area contributed by atoms with Gasteiger partial charge in [0.25, 0.3) is 0 Å². The molecule has 0 bridgehead atoms. The first kappa shape index (κ1) is 21.6. The van der Waals surface area contributed by atoms with Crippen LogP contribution < -0.4 is 0 Å². The smallest absolute Gasteiger partial charge is 0.338 e. The third kappa shape index (κ3) is 5.08. The summed E-state index contributed by atoms with van der Waals surface area (Å²) in [5.41, 5.74) is 1.38. The molecule has 1 aromatic carbocycles. The predicted molar refractivity (Wildman–Crippen MR) is 110 cm³/mol. The minimum absolute atomic E-state index is 0.133. The van der Waals surface area contributed by atoms with Crippen molar-refractivity contribution in [3.63, 3.8) is 0 Å². The largest absolute Gasteiger partial charge is 0.459 e. The SMILES string of the molecule is CC(=O)OC1C(C(C)C)C(OC(=O)c2ccccc2)CC(C)=CCCC2(C)OC12. The van der Waals surface area contributed by atoms with Gasteiger partial charge in [-0.25, -0.2) is 4.79 Å². The highest BCUT2D eigenvalue weighted by Gasteiger charge is 2.60. The Balaban J connectivity index is 1.95. The molecule has 3 rings (SSSR count). The average Bonchev–Trinajstić information content (AvgIpc) is 3.32. The summed E-state index contributed by atoms with van der Waals surface area (Å²) in [6.07, 6.45) is 3.55. The highest BCUT2D eigenvalue weighted by molar-refractivity contribution is 5.89. The molecular formula is C24H32O5. The summed E-state index contributed by atoms with van der Waals surface area (Å²) in [5.74, 6) is -0.725. The Kier molecular flexibility index (Phi) is 6.47. The minimum Gasteiger partial charge on any atom is -0.459 e. The second-order valence-corrected chi connectivity index (χ2v) is 8.85. The zero-order valence-electron chi connectivity index (χ0n) is 18.0. The first-order chi connectivity index (χ1) is 13.7. The molecule has 1 aromatic rings. The Morgan fingerprint density at radius 3 is 2.48 bits per heavy atom. The molecule has 1 heterocycles. The van der Waals surface area contributed by atoms with E-state index in [4.69, 9.17) is 14.2 Å². The molecule has 29 heavy (non-hydrogen) atoms. The zero-order valence-corrected chi connectivity index (χ0v) is 18.0. The van der Waals surface area contributed by atoms with E-state index in [0.29, 0.717) is 12.0 Å². The van der Waals surface area contributed by atoms with E-state index >= 15 is 0 Å². The van der Waals surface area contributed by atoms with Crippen LogP contribution in [0.3, 0.4) is 0 Å². The zero-order chi connectivity index (χ0) is 21.2. The molecule has 1 saturated heterocycles. The number of esters is 2. The van der Waals surface area contributed by atoms with Crippen LogP contribution in [0.5, 0.6) is 0 Å². The van der Waals surface area contributed by atoms with E-state index in [1.54, 1.807) is 12.1 Å². The van der Waals surface area contributed by atoms with E-state index in [9.17, 15) is 9.59 Å². The number of hydrogen-bond acceptors (Lipinski definition) is 5. The van der Waals surface area contributed by atoms with E-state index in [1.807, 2.05) is 18.2 Å². The fourth-order valence-electron chi connectivity index (χ4n) is 4.47. The number of fused-ring (bicyclic) bond motifs is 1. The second-order valence-electron chi connectivity index (χ2n) is 8.85. The van der Waals surface area contributed by atoms with Crippen molar-refractivity contribution in [1.82, 2.24) is 0 Å². The monoisotopic (exact) mass is 400 g/mol.